The fourth-order valence-corrected chi connectivity index (χ4v) is 1.70. The first-order valence-corrected chi connectivity index (χ1v) is 6.07. The van der Waals surface area contributed by atoms with E-state index in [2.05, 4.69) is 15.3 Å². The molecule has 0 amide bonds. The molecule has 0 saturated heterocycles. The summed E-state index contributed by atoms with van der Waals surface area (Å²) in [6.07, 6.45) is 0. The van der Waals surface area contributed by atoms with E-state index in [0.717, 1.165) is 17.8 Å². The van der Waals surface area contributed by atoms with Crippen LogP contribution in [0.3, 0.4) is 0 Å². The van der Waals surface area contributed by atoms with Crippen molar-refractivity contribution in [3.63, 3.8) is 0 Å². The molecular formula is C14H17N3O. The maximum Gasteiger partial charge on any atom is 0.251 e. The molecule has 4 heteroatoms. The predicted octanol–water partition coefficient (Wildman–Crippen LogP) is 1.85. The maximum atomic E-state index is 11.6. The monoisotopic (exact) mass is 243 g/mol. The van der Waals surface area contributed by atoms with E-state index in [4.69, 9.17) is 0 Å². The van der Waals surface area contributed by atoms with Crippen molar-refractivity contribution in [3.8, 4) is 11.4 Å². The number of H-pyrrole nitrogens is 1. The van der Waals surface area contributed by atoms with Crippen molar-refractivity contribution in [1.82, 2.24) is 15.3 Å². The first-order chi connectivity index (χ1) is 8.69. The molecule has 2 rings (SSSR count). The van der Waals surface area contributed by atoms with E-state index in [0.29, 0.717) is 12.4 Å². The third-order valence-electron chi connectivity index (χ3n) is 2.68. The lowest BCUT2D eigenvalue weighted by atomic mass is 10.1. The van der Waals surface area contributed by atoms with Crippen LogP contribution < -0.4 is 10.9 Å². The lowest BCUT2D eigenvalue weighted by Gasteiger charge is -2.05. The third-order valence-corrected chi connectivity index (χ3v) is 2.68. The zero-order chi connectivity index (χ0) is 13.0. The topological polar surface area (TPSA) is 57.8 Å². The summed E-state index contributed by atoms with van der Waals surface area (Å²) in [7, 11) is 0. The summed E-state index contributed by atoms with van der Waals surface area (Å²) in [5.41, 5.74) is 2.76. The number of aryl methyl sites for hydroxylation is 1. The molecule has 0 atom stereocenters. The minimum absolute atomic E-state index is 0.117. The Hall–Kier alpha value is -1.94. The molecule has 4 nitrogen and oxygen atoms in total. The Morgan fingerprint density at radius 3 is 2.67 bits per heavy atom. The van der Waals surface area contributed by atoms with Gasteiger partial charge in [-0.25, -0.2) is 4.98 Å². The van der Waals surface area contributed by atoms with Gasteiger partial charge in [-0.1, -0.05) is 36.8 Å². The first-order valence-electron chi connectivity index (χ1n) is 6.07. The highest BCUT2D eigenvalue weighted by atomic mass is 16.1. The van der Waals surface area contributed by atoms with Crippen LogP contribution in [0.1, 0.15) is 18.2 Å². The van der Waals surface area contributed by atoms with Gasteiger partial charge in [-0.3, -0.25) is 4.79 Å². The van der Waals surface area contributed by atoms with E-state index in [-0.39, 0.29) is 5.56 Å². The Labute approximate surface area is 106 Å². The van der Waals surface area contributed by atoms with Crippen molar-refractivity contribution >= 4 is 0 Å². The second kappa shape index (κ2) is 5.60. The van der Waals surface area contributed by atoms with Crippen molar-refractivity contribution < 1.29 is 0 Å². The van der Waals surface area contributed by atoms with Crippen molar-refractivity contribution in [2.24, 2.45) is 0 Å². The number of aromatic nitrogens is 2. The number of hydrogen-bond donors (Lipinski definition) is 2. The van der Waals surface area contributed by atoms with Crippen molar-refractivity contribution in [3.05, 3.63) is 51.9 Å². The summed E-state index contributed by atoms with van der Waals surface area (Å²) in [5.74, 6) is 0.621. The van der Waals surface area contributed by atoms with E-state index in [1.807, 2.05) is 38.1 Å². The summed E-state index contributed by atoms with van der Waals surface area (Å²) >= 11 is 0. The van der Waals surface area contributed by atoms with Crippen LogP contribution in [-0.2, 0) is 6.54 Å². The molecule has 0 saturated carbocycles. The number of aromatic amines is 1. The SMILES string of the molecule is CCNCc1cc(=O)[nH]c(-c2ccc(C)cc2)n1. The highest BCUT2D eigenvalue weighted by molar-refractivity contribution is 5.55. The van der Waals surface area contributed by atoms with E-state index >= 15 is 0 Å². The van der Waals surface area contributed by atoms with Crippen LogP contribution in [0.4, 0.5) is 0 Å². The Balaban J connectivity index is 2.35. The number of nitrogens with zero attached hydrogens (tertiary/aromatic N) is 1. The van der Waals surface area contributed by atoms with Crippen LogP contribution in [0.15, 0.2) is 35.1 Å². The van der Waals surface area contributed by atoms with Gasteiger partial charge in [0.25, 0.3) is 5.56 Å². The average molecular weight is 243 g/mol. The number of nitrogens with one attached hydrogen (secondary N) is 2. The molecule has 18 heavy (non-hydrogen) atoms. The van der Waals surface area contributed by atoms with Gasteiger partial charge in [0.15, 0.2) is 0 Å². The van der Waals surface area contributed by atoms with Crippen LogP contribution in [0.5, 0.6) is 0 Å². The molecule has 0 aliphatic rings. The molecule has 2 aromatic rings. The Morgan fingerprint density at radius 2 is 2.00 bits per heavy atom. The van der Waals surface area contributed by atoms with E-state index < -0.39 is 0 Å². The molecule has 1 aromatic carbocycles. The smallest absolute Gasteiger partial charge is 0.251 e. The fourth-order valence-electron chi connectivity index (χ4n) is 1.70. The molecule has 2 N–H and O–H groups in total. The summed E-state index contributed by atoms with van der Waals surface area (Å²) in [5, 5.41) is 3.16. The normalized spacial score (nSPS) is 10.6. The molecule has 94 valence electrons. The lowest BCUT2D eigenvalue weighted by molar-refractivity contribution is 0.708. The van der Waals surface area contributed by atoms with Crippen LogP contribution in [0.25, 0.3) is 11.4 Å². The molecule has 0 unspecified atom stereocenters. The second-order valence-electron chi connectivity index (χ2n) is 4.23. The summed E-state index contributed by atoms with van der Waals surface area (Å²) < 4.78 is 0. The van der Waals surface area contributed by atoms with Crippen LogP contribution in [-0.4, -0.2) is 16.5 Å². The fraction of sp³-hybridized carbons (Fsp3) is 0.286. The van der Waals surface area contributed by atoms with Gasteiger partial charge < -0.3 is 10.3 Å². The highest BCUT2D eigenvalue weighted by Crippen LogP contribution is 2.14. The van der Waals surface area contributed by atoms with Crippen molar-refractivity contribution in [2.45, 2.75) is 20.4 Å². The van der Waals surface area contributed by atoms with E-state index in [1.165, 1.54) is 11.6 Å². The van der Waals surface area contributed by atoms with E-state index in [1.54, 1.807) is 0 Å². The van der Waals surface area contributed by atoms with Crippen molar-refractivity contribution in [1.29, 1.82) is 0 Å². The molecule has 0 fully saturated rings. The Kier molecular flexibility index (Phi) is 3.89. The van der Waals surface area contributed by atoms with Gasteiger partial charge in [0, 0.05) is 18.2 Å². The van der Waals surface area contributed by atoms with Gasteiger partial charge in [-0.05, 0) is 13.5 Å². The molecule has 1 aromatic heterocycles. The standard InChI is InChI=1S/C14H17N3O/c1-3-15-9-12-8-13(18)17-14(16-12)11-6-4-10(2)5-7-11/h4-8,15H,3,9H2,1-2H3,(H,16,17,18). The quantitative estimate of drug-likeness (QED) is 0.861. The molecule has 1 heterocycles. The molecular weight excluding hydrogens is 226 g/mol. The summed E-state index contributed by atoms with van der Waals surface area (Å²) in [4.78, 5) is 18.8. The van der Waals surface area contributed by atoms with Crippen LogP contribution in [0, 0.1) is 6.92 Å². The molecule has 0 spiro atoms. The average Bonchev–Trinajstić information content (AvgIpc) is 2.36. The zero-order valence-electron chi connectivity index (χ0n) is 10.7. The van der Waals surface area contributed by atoms with Crippen LogP contribution in [0.2, 0.25) is 0 Å². The zero-order valence-corrected chi connectivity index (χ0v) is 10.7. The van der Waals surface area contributed by atoms with Gasteiger partial charge in [0.05, 0.1) is 5.69 Å². The Bertz CT molecular complexity index is 572. The lowest BCUT2D eigenvalue weighted by Crippen LogP contribution is -2.17. The van der Waals surface area contributed by atoms with Gasteiger partial charge in [-0.2, -0.15) is 0 Å². The first kappa shape index (κ1) is 12.5. The largest absolute Gasteiger partial charge is 0.311 e. The third kappa shape index (κ3) is 3.05. The van der Waals surface area contributed by atoms with Gasteiger partial charge >= 0.3 is 0 Å². The van der Waals surface area contributed by atoms with E-state index in [9.17, 15) is 4.79 Å². The number of hydrogen-bond acceptors (Lipinski definition) is 3. The van der Waals surface area contributed by atoms with Crippen molar-refractivity contribution in [2.75, 3.05) is 6.54 Å². The maximum absolute atomic E-state index is 11.6. The van der Waals surface area contributed by atoms with Gasteiger partial charge in [0.1, 0.15) is 5.82 Å². The second-order valence-corrected chi connectivity index (χ2v) is 4.23. The number of rotatable bonds is 4. The summed E-state index contributed by atoms with van der Waals surface area (Å²) in [6, 6.07) is 9.47. The number of benzene rings is 1. The molecule has 0 aliphatic carbocycles. The minimum atomic E-state index is -0.117. The van der Waals surface area contributed by atoms with Gasteiger partial charge in [-0.15, -0.1) is 0 Å². The minimum Gasteiger partial charge on any atom is -0.311 e. The molecule has 0 bridgehead atoms. The van der Waals surface area contributed by atoms with Crippen LogP contribution >= 0.6 is 0 Å². The molecule has 0 aliphatic heterocycles. The van der Waals surface area contributed by atoms with Gasteiger partial charge in [0.2, 0.25) is 0 Å². The summed E-state index contributed by atoms with van der Waals surface area (Å²) in [6.45, 7) is 5.52. The predicted molar refractivity (Wildman–Crippen MR) is 72.4 cm³/mol. The highest BCUT2D eigenvalue weighted by Gasteiger charge is 2.03. The Morgan fingerprint density at radius 1 is 1.28 bits per heavy atom. The molecule has 0 radical (unpaired) electrons.